The predicted molar refractivity (Wildman–Crippen MR) is 71.0 cm³/mol. The van der Waals surface area contributed by atoms with Gasteiger partial charge in [-0.25, -0.2) is 13.1 Å². The van der Waals surface area contributed by atoms with Crippen molar-refractivity contribution in [3.63, 3.8) is 0 Å². The Hall–Kier alpha value is -2.29. The van der Waals surface area contributed by atoms with Crippen molar-refractivity contribution in [2.24, 2.45) is 7.05 Å². The van der Waals surface area contributed by atoms with Crippen LogP contribution < -0.4 is 5.32 Å². The summed E-state index contributed by atoms with van der Waals surface area (Å²) in [6, 6.07) is 4.59. The van der Waals surface area contributed by atoms with Gasteiger partial charge in [-0.3, -0.25) is 10.1 Å². The average molecular weight is 295 g/mol. The van der Waals surface area contributed by atoms with Crippen LogP contribution in [0.2, 0.25) is 0 Å². The van der Waals surface area contributed by atoms with Crippen molar-refractivity contribution in [1.82, 2.24) is 20.2 Å². The third kappa shape index (κ3) is 2.82. The van der Waals surface area contributed by atoms with Crippen LogP contribution in [0, 0.1) is 6.92 Å². The zero-order valence-electron chi connectivity index (χ0n) is 11.2. The van der Waals surface area contributed by atoms with Crippen molar-refractivity contribution >= 4 is 21.7 Å². The lowest BCUT2D eigenvalue weighted by Crippen LogP contribution is -2.18. The standard InChI is InChI=1S/C11H13N5O3S/c1-7-4-5-8(9(6-7)20(3,18)19)10(17)12-11-13-14-15-16(11)2/h4-6H,1-3H3,(H,12,13,15,17). The van der Waals surface area contributed by atoms with E-state index in [1.165, 1.54) is 16.8 Å². The molecule has 0 spiro atoms. The van der Waals surface area contributed by atoms with Crippen LogP contribution in [0.15, 0.2) is 23.1 Å². The first-order chi connectivity index (χ1) is 9.29. The van der Waals surface area contributed by atoms with Crippen LogP contribution in [-0.2, 0) is 16.9 Å². The van der Waals surface area contributed by atoms with Gasteiger partial charge in [0.2, 0.25) is 5.95 Å². The molecule has 0 bridgehead atoms. The maximum absolute atomic E-state index is 12.2. The Kier molecular flexibility index (Phi) is 3.53. The van der Waals surface area contributed by atoms with E-state index < -0.39 is 15.7 Å². The lowest BCUT2D eigenvalue weighted by molar-refractivity contribution is 0.102. The Bertz CT molecular complexity index is 766. The summed E-state index contributed by atoms with van der Waals surface area (Å²) in [5.41, 5.74) is 0.809. The lowest BCUT2D eigenvalue weighted by atomic mass is 10.1. The molecule has 2 rings (SSSR count). The van der Waals surface area contributed by atoms with Crippen LogP contribution in [0.4, 0.5) is 5.95 Å². The number of anilines is 1. The molecule has 1 aromatic heterocycles. The molecule has 2 aromatic rings. The summed E-state index contributed by atoms with van der Waals surface area (Å²) >= 11 is 0. The molecule has 20 heavy (non-hydrogen) atoms. The van der Waals surface area contributed by atoms with Crippen molar-refractivity contribution in [2.45, 2.75) is 11.8 Å². The molecule has 0 fully saturated rings. The zero-order chi connectivity index (χ0) is 14.9. The highest BCUT2D eigenvalue weighted by Crippen LogP contribution is 2.18. The van der Waals surface area contributed by atoms with E-state index in [-0.39, 0.29) is 16.4 Å². The van der Waals surface area contributed by atoms with Crippen molar-refractivity contribution in [1.29, 1.82) is 0 Å². The van der Waals surface area contributed by atoms with Crippen LogP contribution in [0.1, 0.15) is 15.9 Å². The minimum Gasteiger partial charge on any atom is -0.289 e. The third-order valence-corrected chi connectivity index (χ3v) is 3.76. The number of amides is 1. The minimum atomic E-state index is -3.51. The SMILES string of the molecule is Cc1ccc(C(=O)Nc2nnnn2C)c(S(C)(=O)=O)c1. The molecule has 1 N–H and O–H groups in total. The highest BCUT2D eigenvalue weighted by molar-refractivity contribution is 7.90. The molecule has 1 aromatic carbocycles. The number of tetrazole rings is 1. The van der Waals surface area contributed by atoms with Gasteiger partial charge in [-0.15, -0.1) is 0 Å². The number of sulfone groups is 1. The van der Waals surface area contributed by atoms with Crippen molar-refractivity contribution < 1.29 is 13.2 Å². The number of carbonyl (C=O) groups excluding carboxylic acids is 1. The molecule has 9 heteroatoms. The Morgan fingerprint density at radius 1 is 1.35 bits per heavy atom. The van der Waals surface area contributed by atoms with Gasteiger partial charge in [-0.1, -0.05) is 11.2 Å². The number of hydrogen-bond acceptors (Lipinski definition) is 6. The van der Waals surface area contributed by atoms with E-state index in [1.807, 2.05) is 0 Å². The normalized spacial score (nSPS) is 11.3. The highest BCUT2D eigenvalue weighted by Gasteiger charge is 2.20. The molecule has 0 aliphatic rings. The molecule has 0 unspecified atom stereocenters. The molecular formula is C11H13N5O3S. The Morgan fingerprint density at radius 3 is 2.60 bits per heavy atom. The largest absolute Gasteiger partial charge is 0.289 e. The molecule has 0 saturated carbocycles. The molecule has 1 amide bonds. The molecule has 0 aliphatic carbocycles. The predicted octanol–water partition coefficient (Wildman–Crippen LogP) is 0.174. The number of aromatic nitrogens is 4. The molecule has 106 valence electrons. The number of nitrogens with one attached hydrogen (secondary N) is 1. The highest BCUT2D eigenvalue weighted by atomic mass is 32.2. The number of benzene rings is 1. The van der Waals surface area contributed by atoms with Gasteiger partial charge in [-0.05, 0) is 35.0 Å². The van der Waals surface area contributed by atoms with Gasteiger partial charge in [-0.2, -0.15) is 0 Å². The van der Waals surface area contributed by atoms with Crippen molar-refractivity contribution in [2.75, 3.05) is 11.6 Å². The Labute approximate surface area is 115 Å². The summed E-state index contributed by atoms with van der Waals surface area (Å²) in [6.45, 7) is 1.75. The van der Waals surface area contributed by atoms with E-state index in [4.69, 9.17) is 0 Å². The summed E-state index contributed by atoms with van der Waals surface area (Å²) in [6.07, 6.45) is 1.06. The number of carbonyl (C=O) groups is 1. The number of aryl methyl sites for hydroxylation is 2. The molecule has 8 nitrogen and oxygen atoms in total. The summed E-state index contributed by atoms with van der Waals surface area (Å²) in [5, 5.41) is 13.0. The van der Waals surface area contributed by atoms with Gasteiger partial charge in [0.25, 0.3) is 5.91 Å². The first kappa shape index (κ1) is 14.1. The van der Waals surface area contributed by atoms with Crippen molar-refractivity contribution in [3.05, 3.63) is 29.3 Å². The number of nitrogens with zero attached hydrogens (tertiary/aromatic N) is 4. The van der Waals surface area contributed by atoms with Gasteiger partial charge < -0.3 is 0 Å². The number of hydrogen-bond donors (Lipinski definition) is 1. The van der Waals surface area contributed by atoms with Crippen LogP contribution in [-0.4, -0.2) is 40.8 Å². The fraction of sp³-hybridized carbons (Fsp3) is 0.273. The summed E-state index contributed by atoms with van der Waals surface area (Å²) in [5.74, 6) is -0.446. The zero-order valence-corrected chi connectivity index (χ0v) is 12.0. The minimum absolute atomic E-state index is 0.0230. The average Bonchev–Trinajstić information content (AvgIpc) is 2.73. The monoisotopic (exact) mass is 295 g/mol. The molecule has 1 heterocycles. The second-order valence-electron chi connectivity index (χ2n) is 4.35. The summed E-state index contributed by atoms with van der Waals surface area (Å²) < 4.78 is 24.8. The van der Waals surface area contributed by atoms with E-state index in [0.717, 1.165) is 11.8 Å². The first-order valence-corrected chi connectivity index (χ1v) is 7.52. The smallest absolute Gasteiger partial charge is 0.259 e. The molecular weight excluding hydrogens is 282 g/mol. The quantitative estimate of drug-likeness (QED) is 0.865. The van der Waals surface area contributed by atoms with E-state index in [2.05, 4.69) is 20.8 Å². The second kappa shape index (κ2) is 5.00. The first-order valence-electron chi connectivity index (χ1n) is 5.63. The molecule has 0 saturated heterocycles. The lowest BCUT2D eigenvalue weighted by Gasteiger charge is -2.08. The molecule has 0 radical (unpaired) electrons. The summed E-state index contributed by atoms with van der Waals surface area (Å²) in [7, 11) is -1.95. The maximum Gasteiger partial charge on any atom is 0.259 e. The maximum atomic E-state index is 12.2. The van der Waals surface area contributed by atoms with Crippen LogP contribution in [0.5, 0.6) is 0 Å². The van der Waals surface area contributed by atoms with E-state index in [1.54, 1.807) is 20.0 Å². The van der Waals surface area contributed by atoms with E-state index in [0.29, 0.717) is 0 Å². The van der Waals surface area contributed by atoms with Gasteiger partial charge >= 0.3 is 0 Å². The van der Waals surface area contributed by atoms with Crippen molar-refractivity contribution in [3.8, 4) is 0 Å². The summed E-state index contributed by atoms with van der Waals surface area (Å²) in [4.78, 5) is 12.1. The van der Waals surface area contributed by atoms with Gasteiger partial charge in [0.1, 0.15) is 0 Å². The fourth-order valence-corrected chi connectivity index (χ4v) is 2.59. The topological polar surface area (TPSA) is 107 Å². The molecule has 0 atom stereocenters. The van der Waals surface area contributed by atoms with Crippen LogP contribution >= 0.6 is 0 Å². The van der Waals surface area contributed by atoms with Gasteiger partial charge in [0.15, 0.2) is 9.84 Å². The van der Waals surface area contributed by atoms with E-state index >= 15 is 0 Å². The number of rotatable bonds is 3. The van der Waals surface area contributed by atoms with Gasteiger partial charge in [0, 0.05) is 13.3 Å². The van der Waals surface area contributed by atoms with Crippen LogP contribution in [0.3, 0.4) is 0 Å². The molecule has 0 aliphatic heterocycles. The van der Waals surface area contributed by atoms with E-state index in [9.17, 15) is 13.2 Å². The Balaban J connectivity index is 2.43. The third-order valence-electron chi connectivity index (χ3n) is 2.63. The fourth-order valence-electron chi connectivity index (χ4n) is 1.63. The Morgan fingerprint density at radius 2 is 2.05 bits per heavy atom. The van der Waals surface area contributed by atoms with Gasteiger partial charge in [0.05, 0.1) is 10.5 Å². The van der Waals surface area contributed by atoms with Crippen LogP contribution in [0.25, 0.3) is 0 Å². The second-order valence-corrected chi connectivity index (χ2v) is 6.34.